The maximum absolute atomic E-state index is 12.2. The molecule has 208 valence electrons. The van der Waals surface area contributed by atoms with Crippen molar-refractivity contribution in [1.82, 2.24) is 9.97 Å². The summed E-state index contributed by atoms with van der Waals surface area (Å²) in [6, 6.07) is 23.2. The second-order valence-electron chi connectivity index (χ2n) is 11.3. The van der Waals surface area contributed by atoms with Gasteiger partial charge in [0, 0.05) is 5.38 Å². The van der Waals surface area contributed by atoms with E-state index in [1.54, 1.807) is 0 Å². The maximum Gasteiger partial charge on any atom is 0.413 e. The monoisotopic (exact) mass is 590 g/mol. The van der Waals surface area contributed by atoms with Gasteiger partial charge in [-0.3, -0.25) is 5.32 Å². The smallest absolute Gasteiger partial charge is 0.413 e. The third-order valence-electron chi connectivity index (χ3n) is 6.16. The molecule has 0 bridgehead atoms. The predicted octanol–water partition coefficient (Wildman–Crippen LogP) is 6.76. The Balaban J connectivity index is 1.66. The summed E-state index contributed by atoms with van der Waals surface area (Å²) >= 11 is 2.77. The molecule has 40 heavy (non-hydrogen) atoms. The Morgan fingerprint density at radius 3 is 2.10 bits per heavy atom. The number of nitriles is 1. The van der Waals surface area contributed by atoms with Crippen LogP contribution in [0.2, 0.25) is 5.04 Å². The number of rotatable bonds is 8. The Labute approximate surface area is 245 Å². The van der Waals surface area contributed by atoms with Crippen LogP contribution >= 0.6 is 22.7 Å². The molecule has 0 aliphatic rings. The minimum absolute atomic E-state index is 0.150. The molecule has 0 aliphatic carbocycles. The summed E-state index contributed by atoms with van der Waals surface area (Å²) in [6.07, 6.45) is -0.411. The largest absolute Gasteiger partial charge is 0.444 e. The molecule has 4 rings (SSSR count). The molecule has 0 saturated heterocycles. The highest BCUT2D eigenvalue weighted by Gasteiger charge is 2.50. The second-order valence-corrected chi connectivity index (χ2v) is 17.6. The van der Waals surface area contributed by atoms with Crippen LogP contribution in [0.5, 0.6) is 0 Å². The molecule has 0 saturated carbocycles. The van der Waals surface area contributed by atoms with Gasteiger partial charge in [0.1, 0.15) is 10.6 Å². The first-order chi connectivity index (χ1) is 18.9. The van der Waals surface area contributed by atoms with E-state index in [4.69, 9.17) is 14.1 Å². The summed E-state index contributed by atoms with van der Waals surface area (Å²) in [5.41, 5.74) is 0.708. The Hall–Kier alpha value is -3.36. The van der Waals surface area contributed by atoms with Gasteiger partial charge in [0.2, 0.25) is 0 Å². The minimum atomic E-state index is -2.75. The first-order valence-electron chi connectivity index (χ1n) is 13.0. The molecule has 1 amide bonds. The number of anilines is 1. The third-order valence-corrected chi connectivity index (χ3v) is 13.0. The first kappa shape index (κ1) is 29.6. The number of amides is 1. The standard InChI is InChI=1S/C30H34N4O3S2Si/c1-29(2,3)37-28(35)34-27-33-24(20-38-27)26-23(17-18-31)32-25(39-26)19-36-40(30(4,5)6,21-13-9-7-10-14-21)22-15-11-8-12-16-22/h7-16,20H,17,19H2,1-6H3,(H,33,34,35). The molecule has 10 heteroatoms. The molecule has 0 fully saturated rings. The van der Waals surface area contributed by atoms with Crippen LogP contribution in [0.1, 0.15) is 52.2 Å². The average molecular weight is 591 g/mol. The van der Waals surface area contributed by atoms with Gasteiger partial charge in [-0.2, -0.15) is 5.26 Å². The lowest BCUT2D eigenvalue weighted by atomic mass is 10.2. The number of hydrogen-bond acceptors (Lipinski definition) is 8. The van der Waals surface area contributed by atoms with Crippen LogP contribution in [-0.4, -0.2) is 30.0 Å². The Morgan fingerprint density at radius 2 is 1.57 bits per heavy atom. The molecule has 2 aromatic carbocycles. The van der Waals surface area contributed by atoms with Crippen LogP contribution in [0.4, 0.5) is 9.93 Å². The van der Waals surface area contributed by atoms with Crippen molar-refractivity contribution >= 4 is 52.6 Å². The van der Waals surface area contributed by atoms with Crippen LogP contribution in [0, 0.1) is 11.3 Å². The normalized spacial score (nSPS) is 12.1. The summed E-state index contributed by atoms with van der Waals surface area (Å²) in [4.78, 5) is 22.4. The SMILES string of the molecule is CC(C)(C)OC(=O)Nc1nc(-c2sc(CO[Si](c3ccccc3)(c3ccccc3)C(C)(C)C)nc2CC#N)cs1. The van der Waals surface area contributed by atoms with Crippen molar-refractivity contribution in [1.29, 1.82) is 5.26 Å². The maximum atomic E-state index is 12.2. The molecule has 0 aliphatic heterocycles. The molecule has 2 aromatic heterocycles. The fraction of sp³-hybridized carbons (Fsp3) is 0.333. The number of benzene rings is 2. The molecular weight excluding hydrogens is 557 g/mol. The number of carbonyl (C=O) groups is 1. The molecule has 0 spiro atoms. The van der Waals surface area contributed by atoms with E-state index in [1.165, 1.54) is 33.0 Å². The van der Waals surface area contributed by atoms with E-state index in [0.29, 0.717) is 23.1 Å². The van der Waals surface area contributed by atoms with Gasteiger partial charge in [-0.1, -0.05) is 81.4 Å². The van der Waals surface area contributed by atoms with Crippen LogP contribution in [-0.2, 0) is 22.2 Å². The van der Waals surface area contributed by atoms with Gasteiger partial charge < -0.3 is 9.16 Å². The third kappa shape index (κ3) is 6.67. The van der Waals surface area contributed by atoms with E-state index in [-0.39, 0.29) is 11.5 Å². The minimum Gasteiger partial charge on any atom is -0.444 e. The number of carbonyl (C=O) groups excluding carboxylic acids is 1. The molecule has 7 nitrogen and oxygen atoms in total. The molecule has 0 unspecified atom stereocenters. The molecule has 0 radical (unpaired) electrons. The average Bonchev–Trinajstić information content (AvgIpc) is 3.51. The fourth-order valence-electron chi connectivity index (χ4n) is 4.62. The lowest BCUT2D eigenvalue weighted by Crippen LogP contribution is -2.66. The van der Waals surface area contributed by atoms with Crippen molar-refractivity contribution in [3.63, 3.8) is 0 Å². The number of thiazole rings is 2. The number of nitrogens with zero attached hydrogens (tertiary/aromatic N) is 3. The highest BCUT2D eigenvalue weighted by atomic mass is 32.1. The lowest BCUT2D eigenvalue weighted by Gasteiger charge is -2.42. The Kier molecular flexibility index (Phi) is 8.90. The summed E-state index contributed by atoms with van der Waals surface area (Å²) in [5.74, 6) is 0. The van der Waals surface area contributed by atoms with Crippen molar-refractivity contribution in [3.8, 4) is 16.6 Å². The van der Waals surface area contributed by atoms with E-state index in [2.05, 4.69) is 85.7 Å². The highest BCUT2D eigenvalue weighted by molar-refractivity contribution is 7.17. The van der Waals surface area contributed by atoms with Gasteiger partial charge in [-0.15, -0.1) is 22.7 Å². The van der Waals surface area contributed by atoms with Gasteiger partial charge in [0.25, 0.3) is 8.32 Å². The van der Waals surface area contributed by atoms with Crippen molar-refractivity contribution < 1.29 is 14.0 Å². The van der Waals surface area contributed by atoms with Gasteiger partial charge in [-0.05, 0) is 36.2 Å². The Morgan fingerprint density at radius 1 is 0.975 bits per heavy atom. The summed E-state index contributed by atoms with van der Waals surface area (Å²) < 4.78 is 12.4. The van der Waals surface area contributed by atoms with Crippen LogP contribution in [0.15, 0.2) is 66.0 Å². The highest BCUT2D eigenvalue weighted by Crippen LogP contribution is 2.39. The second kappa shape index (κ2) is 12.0. The number of hydrogen-bond donors (Lipinski definition) is 1. The summed E-state index contributed by atoms with van der Waals surface area (Å²) in [6.45, 7) is 12.4. The predicted molar refractivity (Wildman–Crippen MR) is 165 cm³/mol. The lowest BCUT2D eigenvalue weighted by molar-refractivity contribution is 0.0636. The Bertz CT molecular complexity index is 1440. The summed E-state index contributed by atoms with van der Waals surface area (Å²) in [5, 5.41) is 17.5. The van der Waals surface area contributed by atoms with Crippen molar-refractivity contribution in [2.24, 2.45) is 0 Å². The molecule has 2 heterocycles. The quantitative estimate of drug-likeness (QED) is 0.228. The molecular formula is C30H34N4O3S2Si. The zero-order chi connectivity index (χ0) is 29.0. The zero-order valence-corrected chi connectivity index (χ0v) is 26.3. The van der Waals surface area contributed by atoms with Crippen molar-refractivity contribution in [2.75, 3.05) is 5.32 Å². The van der Waals surface area contributed by atoms with E-state index in [1.807, 2.05) is 38.3 Å². The zero-order valence-electron chi connectivity index (χ0n) is 23.6. The van der Waals surface area contributed by atoms with Crippen molar-refractivity contribution in [3.05, 3.63) is 76.7 Å². The van der Waals surface area contributed by atoms with E-state index < -0.39 is 20.0 Å². The van der Waals surface area contributed by atoms with Gasteiger partial charge in [0.05, 0.1) is 35.4 Å². The van der Waals surface area contributed by atoms with Crippen LogP contribution in [0.3, 0.4) is 0 Å². The van der Waals surface area contributed by atoms with Crippen LogP contribution < -0.4 is 15.7 Å². The molecule has 4 aromatic rings. The number of ether oxygens (including phenoxy) is 1. The summed E-state index contributed by atoms with van der Waals surface area (Å²) in [7, 11) is -2.75. The molecule has 0 atom stereocenters. The van der Waals surface area contributed by atoms with Gasteiger partial charge in [0.15, 0.2) is 5.13 Å². The van der Waals surface area contributed by atoms with Gasteiger partial charge >= 0.3 is 6.09 Å². The van der Waals surface area contributed by atoms with Gasteiger partial charge in [-0.25, -0.2) is 14.8 Å². The van der Waals surface area contributed by atoms with E-state index >= 15 is 0 Å². The van der Waals surface area contributed by atoms with E-state index in [9.17, 15) is 10.1 Å². The van der Waals surface area contributed by atoms with Crippen LogP contribution in [0.25, 0.3) is 10.6 Å². The molecule has 1 N–H and O–H groups in total. The number of nitrogens with one attached hydrogen (secondary N) is 1. The van der Waals surface area contributed by atoms with E-state index in [0.717, 1.165) is 9.88 Å². The first-order valence-corrected chi connectivity index (χ1v) is 16.6. The van der Waals surface area contributed by atoms with Crippen molar-refractivity contribution in [2.45, 2.75) is 65.2 Å². The topological polar surface area (TPSA) is 97.1 Å². The number of aromatic nitrogens is 2. The fourth-order valence-corrected chi connectivity index (χ4v) is 10.9.